The smallest absolute Gasteiger partial charge is 0.0962 e. The lowest BCUT2D eigenvalue weighted by Gasteiger charge is -1.98. The minimum Gasteiger partial charge on any atom is -0.306 e. The van der Waals surface area contributed by atoms with Crippen LogP contribution in [0.2, 0.25) is 0 Å². The highest BCUT2D eigenvalue weighted by Crippen LogP contribution is 2.07. The van der Waals surface area contributed by atoms with Gasteiger partial charge < -0.3 is 5.32 Å². The first kappa shape index (κ1) is 8.40. The van der Waals surface area contributed by atoms with Crippen LogP contribution in [-0.2, 0) is 13.1 Å². The van der Waals surface area contributed by atoms with E-state index in [1.807, 2.05) is 0 Å². The van der Waals surface area contributed by atoms with Gasteiger partial charge in [-0.15, -0.1) is 11.3 Å². The van der Waals surface area contributed by atoms with Gasteiger partial charge in [-0.2, -0.15) is 15.4 Å². The molecule has 2 heterocycles. The molecule has 0 bridgehead atoms. The molecular formula is C8H10N4S. The maximum Gasteiger partial charge on any atom is 0.0962 e. The zero-order valence-electron chi connectivity index (χ0n) is 7.03. The van der Waals surface area contributed by atoms with Gasteiger partial charge in [-0.3, -0.25) is 0 Å². The van der Waals surface area contributed by atoms with Gasteiger partial charge in [0.05, 0.1) is 11.9 Å². The molecule has 5 heteroatoms. The molecule has 68 valence electrons. The molecule has 0 amide bonds. The molecule has 0 unspecified atom stereocenters. The SMILES string of the molecule is c1csc(CNCc2cn[nH]n2)c1. The number of nitrogens with one attached hydrogen (secondary N) is 2. The lowest BCUT2D eigenvalue weighted by Crippen LogP contribution is -2.11. The average molecular weight is 194 g/mol. The summed E-state index contributed by atoms with van der Waals surface area (Å²) >= 11 is 1.75. The molecule has 13 heavy (non-hydrogen) atoms. The van der Waals surface area contributed by atoms with E-state index in [4.69, 9.17) is 0 Å². The summed E-state index contributed by atoms with van der Waals surface area (Å²) in [7, 11) is 0. The Balaban J connectivity index is 1.76. The van der Waals surface area contributed by atoms with E-state index in [1.54, 1.807) is 17.5 Å². The van der Waals surface area contributed by atoms with Crippen molar-refractivity contribution in [3.05, 3.63) is 34.3 Å². The predicted octanol–water partition coefficient (Wildman–Crippen LogP) is 1.16. The Morgan fingerprint density at radius 1 is 1.46 bits per heavy atom. The van der Waals surface area contributed by atoms with E-state index in [0.29, 0.717) is 0 Å². The Morgan fingerprint density at radius 3 is 3.15 bits per heavy atom. The predicted molar refractivity (Wildman–Crippen MR) is 51.2 cm³/mol. The molecule has 4 nitrogen and oxygen atoms in total. The maximum atomic E-state index is 3.94. The zero-order chi connectivity index (χ0) is 8.93. The molecule has 0 aliphatic heterocycles. The molecule has 0 fully saturated rings. The molecule has 0 aliphatic carbocycles. The Morgan fingerprint density at radius 2 is 2.46 bits per heavy atom. The van der Waals surface area contributed by atoms with Gasteiger partial charge in [-0.1, -0.05) is 6.07 Å². The highest BCUT2D eigenvalue weighted by Gasteiger charge is 1.95. The normalized spacial score (nSPS) is 10.5. The molecule has 2 N–H and O–H groups in total. The lowest BCUT2D eigenvalue weighted by molar-refractivity contribution is 0.683. The van der Waals surface area contributed by atoms with E-state index in [9.17, 15) is 0 Å². The van der Waals surface area contributed by atoms with E-state index in [2.05, 4.69) is 38.2 Å². The highest BCUT2D eigenvalue weighted by atomic mass is 32.1. The maximum absolute atomic E-state index is 3.94. The number of H-pyrrole nitrogens is 1. The van der Waals surface area contributed by atoms with E-state index in [1.165, 1.54) is 4.88 Å². The van der Waals surface area contributed by atoms with Crippen LogP contribution >= 0.6 is 11.3 Å². The van der Waals surface area contributed by atoms with Crippen LogP contribution in [0.3, 0.4) is 0 Å². The summed E-state index contributed by atoms with van der Waals surface area (Å²) in [6, 6.07) is 4.16. The highest BCUT2D eigenvalue weighted by molar-refractivity contribution is 7.09. The van der Waals surface area contributed by atoms with Crippen molar-refractivity contribution in [3.8, 4) is 0 Å². The fourth-order valence-electron chi connectivity index (χ4n) is 1.04. The first-order valence-corrected chi connectivity index (χ1v) is 4.91. The summed E-state index contributed by atoms with van der Waals surface area (Å²) in [6.07, 6.45) is 1.72. The molecule has 0 spiro atoms. The van der Waals surface area contributed by atoms with Gasteiger partial charge in [0.2, 0.25) is 0 Å². The minimum atomic E-state index is 0.758. The Labute approximate surface area is 80.0 Å². The van der Waals surface area contributed by atoms with E-state index < -0.39 is 0 Å². The number of hydrogen-bond acceptors (Lipinski definition) is 4. The quantitative estimate of drug-likeness (QED) is 0.767. The number of aromatic amines is 1. The summed E-state index contributed by atoms with van der Waals surface area (Å²) in [6.45, 7) is 1.65. The molecule has 0 saturated heterocycles. The van der Waals surface area contributed by atoms with Crippen molar-refractivity contribution < 1.29 is 0 Å². The molecule has 2 rings (SSSR count). The van der Waals surface area contributed by atoms with Crippen LogP contribution in [0.1, 0.15) is 10.6 Å². The van der Waals surface area contributed by atoms with Crippen molar-refractivity contribution in [1.29, 1.82) is 0 Å². The zero-order valence-corrected chi connectivity index (χ0v) is 7.84. The Bertz CT molecular complexity index is 293. The van der Waals surface area contributed by atoms with Gasteiger partial charge in [-0.05, 0) is 11.4 Å². The van der Waals surface area contributed by atoms with Gasteiger partial charge in [0, 0.05) is 18.0 Å². The van der Waals surface area contributed by atoms with Crippen molar-refractivity contribution in [1.82, 2.24) is 20.7 Å². The van der Waals surface area contributed by atoms with E-state index in [-0.39, 0.29) is 0 Å². The molecule has 2 aromatic rings. The summed E-state index contributed by atoms with van der Waals surface area (Å²) < 4.78 is 0. The van der Waals surface area contributed by atoms with Gasteiger partial charge in [0.25, 0.3) is 0 Å². The molecule has 0 atom stereocenters. The van der Waals surface area contributed by atoms with Gasteiger partial charge in [-0.25, -0.2) is 0 Å². The molecular weight excluding hydrogens is 184 g/mol. The van der Waals surface area contributed by atoms with Crippen LogP contribution < -0.4 is 5.32 Å². The second kappa shape index (κ2) is 4.15. The summed E-state index contributed by atoms with van der Waals surface area (Å²) in [4.78, 5) is 1.34. The van der Waals surface area contributed by atoms with Crippen molar-refractivity contribution in [2.75, 3.05) is 0 Å². The van der Waals surface area contributed by atoms with Gasteiger partial charge in [0.15, 0.2) is 0 Å². The van der Waals surface area contributed by atoms with Crippen LogP contribution in [0.25, 0.3) is 0 Å². The lowest BCUT2D eigenvalue weighted by atomic mass is 10.4. The largest absolute Gasteiger partial charge is 0.306 e. The average Bonchev–Trinajstić information content (AvgIpc) is 2.75. The monoisotopic (exact) mass is 194 g/mol. The number of aromatic nitrogens is 3. The Kier molecular flexibility index (Phi) is 2.68. The van der Waals surface area contributed by atoms with Gasteiger partial charge >= 0.3 is 0 Å². The van der Waals surface area contributed by atoms with Crippen molar-refractivity contribution in [3.63, 3.8) is 0 Å². The Hall–Kier alpha value is -1.20. The van der Waals surface area contributed by atoms with Crippen molar-refractivity contribution in [2.24, 2.45) is 0 Å². The first-order valence-electron chi connectivity index (χ1n) is 4.03. The standard InChI is InChI=1S/C8H10N4S/c1-2-8(13-3-1)6-9-4-7-5-10-12-11-7/h1-3,5,9H,4,6H2,(H,10,11,12). The number of hydrogen-bond donors (Lipinski definition) is 2. The fraction of sp³-hybridized carbons (Fsp3) is 0.250. The van der Waals surface area contributed by atoms with Crippen LogP contribution in [0, 0.1) is 0 Å². The third kappa shape index (κ3) is 2.37. The number of thiophene rings is 1. The van der Waals surface area contributed by atoms with Crippen molar-refractivity contribution >= 4 is 11.3 Å². The second-order valence-corrected chi connectivity index (χ2v) is 3.68. The molecule has 0 aromatic carbocycles. The fourth-order valence-corrected chi connectivity index (χ4v) is 1.71. The summed E-state index contributed by atoms with van der Waals surface area (Å²) in [5, 5.41) is 15.6. The first-order chi connectivity index (χ1) is 6.45. The molecule has 0 radical (unpaired) electrons. The summed E-state index contributed by atoms with van der Waals surface area (Å²) in [5.74, 6) is 0. The molecule has 2 aromatic heterocycles. The van der Waals surface area contributed by atoms with E-state index >= 15 is 0 Å². The third-order valence-corrected chi connectivity index (χ3v) is 2.53. The van der Waals surface area contributed by atoms with Crippen molar-refractivity contribution in [2.45, 2.75) is 13.1 Å². The van der Waals surface area contributed by atoms with Crippen LogP contribution in [0.4, 0.5) is 0 Å². The number of rotatable bonds is 4. The summed E-state index contributed by atoms with van der Waals surface area (Å²) in [5.41, 5.74) is 0.941. The molecule has 0 aliphatic rings. The third-order valence-electron chi connectivity index (χ3n) is 1.65. The van der Waals surface area contributed by atoms with Gasteiger partial charge in [0.1, 0.15) is 0 Å². The second-order valence-electron chi connectivity index (χ2n) is 2.64. The van der Waals surface area contributed by atoms with Crippen LogP contribution in [0.5, 0.6) is 0 Å². The topological polar surface area (TPSA) is 53.6 Å². The minimum absolute atomic E-state index is 0.758. The molecule has 0 saturated carbocycles. The van der Waals surface area contributed by atoms with Crippen LogP contribution in [-0.4, -0.2) is 15.4 Å². The number of nitrogens with zero attached hydrogens (tertiary/aromatic N) is 2. The van der Waals surface area contributed by atoms with E-state index in [0.717, 1.165) is 18.8 Å². The van der Waals surface area contributed by atoms with Crippen LogP contribution in [0.15, 0.2) is 23.7 Å².